The minimum Gasteiger partial charge on any atom is -0.443 e. The Hall–Kier alpha value is -3.85. The first-order chi connectivity index (χ1) is 17.9. The van der Waals surface area contributed by atoms with Gasteiger partial charge in [-0.1, -0.05) is 88.4 Å². The van der Waals surface area contributed by atoms with Gasteiger partial charge in [0.15, 0.2) is 0 Å². The van der Waals surface area contributed by atoms with Crippen molar-refractivity contribution >= 4 is 17.5 Å². The number of carbonyl (C=O) groups excluding carboxylic acids is 1. The highest BCUT2D eigenvalue weighted by molar-refractivity contribution is 5.98. The van der Waals surface area contributed by atoms with Crippen molar-refractivity contribution in [2.45, 2.75) is 64.9 Å². The highest BCUT2D eigenvalue weighted by atomic mass is 16.6. The fraction of sp³-hybridized carbons (Fsp3) is 0.286. The average Bonchev–Trinajstić information content (AvgIpc) is 3.23. The highest BCUT2D eigenvalue weighted by Crippen LogP contribution is 2.52. The Kier molecular flexibility index (Phi) is 5.20. The lowest BCUT2D eigenvalue weighted by Crippen LogP contribution is -2.34. The predicted octanol–water partition coefficient (Wildman–Crippen LogP) is 9.37. The Morgan fingerprint density at radius 2 is 1.00 bits per heavy atom. The SMILES string of the molecule is CC(C)(C)OC(=O)N(c1ccc2c(c1)C(C)(C)c1ccccc1-2)c1ccc2c(c1)C(C)(C)c1ccccc1-2. The first-order valence-electron chi connectivity index (χ1n) is 13.4. The van der Waals surface area contributed by atoms with E-state index < -0.39 is 5.60 Å². The number of ether oxygens (including phenoxy) is 1. The highest BCUT2D eigenvalue weighted by Gasteiger charge is 2.38. The number of carbonyl (C=O) groups is 1. The molecule has 4 aromatic rings. The molecule has 0 aromatic heterocycles. The van der Waals surface area contributed by atoms with Crippen LogP contribution < -0.4 is 4.90 Å². The second-order valence-corrected chi connectivity index (χ2v) is 12.6. The number of hydrogen-bond acceptors (Lipinski definition) is 2. The maximum atomic E-state index is 13.8. The first-order valence-corrected chi connectivity index (χ1v) is 13.4. The zero-order valence-electron chi connectivity index (χ0n) is 23.3. The molecule has 0 radical (unpaired) electrons. The van der Waals surface area contributed by atoms with Crippen molar-refractivity contribution in [1.29, 1.82) is 0 Å². The molecule has 0 unspecified atom stereocenters. The lowest BCUT2D eigenvalue weighted by molar-refractivity contribution is 0.0599. The average molecular weight is 502 g/mol. The van der Waals surface area contributed by atoms with Gasteiger partial charge < -0.3 is 4.74 Å². The number of rotatable bonds is 2. The van der Waals surface area contributed by atoms with Crippen LogP contribution in [-0.2, 0) is 15.6 Å². The fourth-order valence-electron chi connectivity index (χ4n) is 6.33. The molecule has 3 nitrogen and oxygen atoms in total. The molecule has 0 saturated carbocycles. The van der Waals surface area contributed by atoms with Gasteiger partial charge >= 0.3 is 6.09 Å². The molecular formula is C35H35NO2. The van der Waals surface area contributed by atoms with Gasteiger partial charge in [0.1, 0.15) is 5.60 Å². The van der Waals surface area contributed by atoms with E-state index in [2.05, 4.69) is 100 Å². The maximum Gasteiger partial charge on any atom is 0.419 e. The van der Waals surface area contributed by atoms with Crippen LogP contribution in [0.2, 0.25) is 0 Å². The van der Waals surface area contributed by atoms with Crippen molar-refractivity contribution in [3.63, 3.8) is 0 Å². The zero-order valence-corrected chi connectivity index (χ0v) is 23.3. The van der Waals surface area contributed by atoms with Crippen molar-refractivity contribution < 1.29 is 9.53 Å². The van der Waals surface area contributed by atoms with Gasteiger partial charge in [0.25, 0.3) is 0 Å². The lowest BCUT2D eigenvalue weighted by atomic mass is 9.82. The van der Waals surface area contributed by atoms with Gasteiger partial charge in [-0.25, -0.2) is 9.69 Å². The van der Waals surface area contributed by atoms with Crippen molar-refractivity contribution in [3.8, 4) is 22.3 Å². The monoisotopic (exact) mass is 501 g/mol. The molecule has 3 heteroatoms. The van der Waals surface area contributed by atoms with Gasteiger partial charge in [0.05, 0.1) is 11.4 Å². The van der Waals surface area contributed by atoms with E-state index >= 15 is 0 Å². The minimum absolute atomic E-state index is 0.164. The third kappa shape index (κ3) is 3.60. The normalized spacial score (nSPS) is 15.8. The molecule has 38 heavy (non-hydrogen) atoms. The van der Waals surface area contributed by atoms with Gasteiger partial charge in [0.2, 0.25) is 0 Å². The Balaban J connectivity index is 1.51. The molecule has 0 bridgehead atoms. The van der Waals surface area contributed by atoms with Crippen LogP contribution in [-0.4, -0.2) is 11.7 Å². The van der Waals surface area contributed by atoms with Crippen molar-refractivity contribution in [2.24, 2.45) is 0 Å². The number of hydrogen-bond donors (Lipinski definition) is 0. The van der Waals surface area contributed by atoms with Crippen LogP contribution in [0.4, 0.5) is 16.2 Å². The molecule has 192 valence electrons. The summed E-state index contributed by atoms with van der Waals surface area (Å²) in [4.78, 5) is 15.6. The summed E-state index contributed by atoms with van der Waals surface area (Å²) in [5.41, 5.74) is 10.7. The van der Waals surface area contributed by atoms with E-state index in [1.807, 2.05) is 32.9 Å². The molecule has 2 aliphatic carbocycles. The molecule has 6 rings (SSSR count). The van der Waals surface area contributed by atoms with Crippen LogP contribution in [0, 0.1) is 0 Å². The van der Waals surface area contributed by atoms with Crippen LogP contribution in [0.3, 0.4) is 0 Å². The largest absolute Gasteiger partial charge is 0.443 e. The van der Waals surface area contributed by atoms with E-state index in [9.17, 15) is 4.79 Å². The van der Waals surface area contributed by atoms with Crippen LogP contribution >= 0.6 is 0 Å². The second kappa shape index (κ2) is 8.07. The van der Waals surface area contributed by atoms with Crippen LogP contribution in [0.15, 0.2) is 84.9 Å². The number of benzene rings is 4. The summed E-state index contributed by atoms with van der Waals surface area (Å²) < 4.78 is 5.96. The third-order valence-corrected chi connectivity index (χ3v) is 8.23. The van der Waals surface area contributed by atoms with E-state index in [0.29, 0.717) is 0 Å². The molecule has 0 N–H and O–H groups in total. The third-order valence-electron chi connectivity index (χ3n) is 8.23. The summed E-state index contributed by atoms with van der Waals surface area (Å²) >= 11 is 0. The quantitative estimate of drug-likeness (QED) is 0.274. The Bertz CT molecular complexity index is 1500. The molecule has 1 amide bonds. The Morgan fingerprint density at radius 1 is 0.605 bits per heavy atom. The van der Waals surface area contributed by atoms with Gasteiger partial charge in [-0.05, 0) is 89.5 Å². The van der Waals surface area contributed by atoms with Crippen molar-refractivity contribution in [1.82, 2.24) is 0 Å². The molecule has 0 heterocycles. The Morgan fingerprint density at radius 3 is 1.42 bits per heavy atom. The number of amides is 1. The topological polar surface area (TPSA) is 29.5 Å². The van der Waals surface area contributed by atoms with E-state index in [-0.39, 0.29) is 16.9 Å². The molecule has 0 spiro atoms. The summed E-state index contributed by atoms with van der Waals surface area (Å²) in [5, 5.41) is 0. The summed E-state index contributed by atoms with van der Waals surface area (Å²) in [6, 6.07) is 29.9. The van der Waals surface area contributed by atoms with E-state index in [1.54, 1.807) is 4.90 Å². The van der Waals surface area contributed by atoms with Gasteiger partial charge in [0, 0.05) is 10.8 Å². The van der Waals surface area contributed by atoms with Crippen LogP contribution in [0.25, 0.3) is 22.3 Å². The summed E-state index contributed by atoms with van der Waals surface area (Å²) in [6.07, 6.45) is -0.376. The zero-order chi connectivity index (χ0) is 27.0. The number of nitrogens with zero attached hydrogens (tertiary/aromatic N) is 1. The first kappa shape index (κ1) is 24.5. The molecule has 0 saturated heterocycles. The predicted molar refractivity (Wildman–Crippen MR) is 156 cm³/mol. The molecular weight excluding hydrogens is 466 g/mol. The molecule has 0 aliphatic heterocycles. The standard InChI is InChI=1S/C35H35NO2/c1-33(2,3)38-32(37)36(22-16-18-26-24-12-8-10-14-28(24)34(4,5)30(26)20-22)23-17-19-27-25-13-9-11-15-29(25)35(6,7)31(27)21-23/h8-21H,1-7H3. The van der Waals surface area contributed by atoms with Crippen molar-refractivity contribution in [2.75, 3.05) is 4.90 Å². The molecule has 2 aliphatic rings. The number of fused-ring (bicyclic) bond motifs is 6. The summed E-state index contributed by atoms with van der Waals surface area (Å²) in [6.45, 7) is 14.8. The van der Waals surface area contributed by atoms with E-state index in [4.69, 9.17) is 4.74 Å². The Labute approximate surface area is 226 Å². The molecule has 0 atom stereocenters. The minimum atomic E-state index is -0.617. The van der Waals surface area contributed by atoms with Gasteiger partial charge in [-0.15, -0.1) is 0 Å². The van der Waals surface area contributed by atoms with E-state index in [1.165, 1.54) is 44.5 Å². The lowest BCUT2D eigenvalue weighted by Gasteiger charge is -2.30. The maximum absolute atomic E-state index is 13.8. The van der Waals surface area contributed by atoms with Crippen LogP contribution in [0.5, 0.6) is 0 Å². The van der Waals surface area contributed by atoms with Gasteiger partial charge in [-0.3, -0.25) is 0 Å². The summed E-state index contributed by atoms with van der Waals surface area (Å²) in [5.74, 6) is 0. The van der Waals surface area contributed by atoms with Crippen molar-refractivity contribution in [3.05, 3.63) is 107 Å². The number of anilines is 2. The molecule has 4 aromatic carbocycles. The molecule has 0 fully saturated rings. The fourth-order valence-corrected chi connectivity index (χ4v) is 6.33. The van der Waals surface area contributed by atoms with Gasteiger partial charge in [-0.2, -0.15) is 0 Å². The summed E-state index contributed by atoms with van der Waals surface area (Å²) in [7, 11) is 0. The smallest absolute Gasteiger partial charge is 0.419 e. The van der Waals surface area contributed by atoms with E-state index in [0.717, 1.165) is 11.4 Å². The van der Waals surface area contributed by atoms with Crippen LogP contribution in [0.1, 0.15) is 70.7 Å². The second-order valence-electron chi connectivity index (χ2n) is 12.6.